The van der Waals surface area contributed by atoms with Gasteiger partial charge in [-0.05, 0) is 42.8 Å². The zero-order valence-electron chi connectivity index (χ0n) is 16.7. The Labute approximate surface area is 166 Å². The van der Waals surface area contributed by atoms with E-state index in [1.807, 2.05) is 0 Å². The van der Waals surface area contributed by atoms with Crippen LogP contribution in [0.2, 0.25) is 0 Å². The van der Waals surface area contributed by atoms with Gasteiger partial charge in [0.05, 0.1) is 13.7 Å². The quantitative estimate of drug-likeness (QED) is 0.573. The maximum Gasteiger partial charge on any atom is 0.255 e. The molecule has 0 saturated heterocycles. The fraction of sp³-hybridized carbons (Fsp3) is 0.364. The molecule has 0 aliphatic heterocycles. The van der Waals surface area contributed by atoms with Crippen LogP contribution in [0.4, 0.5) is 11.4 Å². The van der Waals surface area contributed by atoms with Crippen molar-refractivity contribution < 1.29 is 19.1 Å². The number of anilines is 2. The Morgan fingerprint density at radius 1 is 0.929 bits per heavy atom. The predicted octanol–water partition coefficient (Wildman–Crippen LogP) is 4.87. The van der Waals surface area contributed by atoms with Crippen molar-refractivity contribution in [3.05, 3.63) is 48.0 Å². The Morgan fingerprint density at radius 3 is 2.36 bits per heavy atom. The third-order valence-electron chi connectivity index (χ3n) is 4.12. The highest BCUT2D eigenvalue weighted by Crippen LogP contribution is 2.29. The van der Waals surface area contributed by atoms with E-state index in [4.69, 9.17) is 9.47 Å². The van der Waals surface area contributed by atoms with Gasteiger partial charge in [0.15, 0.2) is 11.5 Å². The normalized spacial score (nSPS) is 10.2. The number of nitrogens with one attached hydrogen (secondary N) is 2. The number of amides is 2. The lowest BCUT2D eigenvalue weighted by Gasteiger charge is -2.13. The van der Waals surface area contributed by atoms with Crippen molar-refractivity contribution in [2.75, 3.05) is 24.4 Å². The van der Waals surface area contributed by atoms with Crippen LogP contribution in [0.25, 0.3) is 0 Å². The molecule has 0 bridgehead atoms. The Morgan fingerprint density at radius 2 is 1.68 bits per heavy atom. The van der Waals surface area contributed by atoms with Crippen LogP contribution < -0.4 is 20.1 Å². The molecule has 150 valence electrons. The molecule has 2 aromatic rings. The first-order valence-electron chi connectivity index (χ1n) is 9.53. The van der Waals surface area contributed by atoms with Crippen LogP contribution in [0.3, 0.4) is 0 Å². The van der Waals surface area contributed by atoms with Crippen LogP contribution in [-0.2, 0) is 4.79 Å². The molecule has 2 aromatic carbocycles. The number of unbranched alkanes of at least 4 members (excludes halogenated alkanes) is 3. The third-order valence-corrected chi connectivity index (χ3v) is 4.12. The van der Waals surface area contributed by atoms with Crippen LogP contribution in [0.5, 0.6) is 11.5 Å². The molecule has 0 aliphatic carbocycles. The molecule has 6 heteroatoms. The summed E-state index contributed by atoms with van der Waals surface area (Å²) >= 11 is 0. The third kappa shape index (κ3) is 6.61. The lowest BCUT2D eigenvalue weighted by molar-refractivity contribution is -0.114. The van der Waals surface area contributed by atoms with Crippen molar-refractivity contribution in [2.24, 2.45) is 0 Å². The molecule has 0 spiro atoms. The Hall–Kier alpha value is -3.02. The van der Waals surface area contributed by atoms with E-state index in [0.29, 0.717) is 35.0 Å². The summed E-state index contributed by atoms with van der Waals surface area (Å²) in [7, 11) is 1.55. The number of hydrogen-bond donors (Lipinski definition) is 2. The van der Waals surface area contributed by atoms with Crippen LogP contribution >= 0.6 is 0 Å². The van der Waals surface area contributed by atoms with Crippen molar-refractivity contribution >= 4 is 23.2 Å². The fourth-order valence-electron chi connectivity index (χ4n) is 2.72. The molecule has 0 atom stereocenters. The van der Waals surface area contributed by atoms with Gasteiger partial charge < -0.3 is 20.1 Å². The van der Waals surface area contributed by atoms with Gasteiger partial charge in [-0.2, -0.15) is 0 Å². The molecule has 0 saturated carbocycles. The maximum atomic E-state index is 12.6. The Balaban J connectivity index is 2.02. The van der Waals surface area contributed by atoms with Crippen molar-refractivity contribution in [3.63, 3.8) is 0 Å². The summed E-state index contributed by atoms with van der Waals surface area (Å²) in [4.78, 5) is 23.7. The molecule has 28 heavy (non-hydrogen) atoms. The summed E-state index contributed by atoms with van der Waals surface area (Å²) in [6.45, 7) is 4.23. The van der Waals surface area contributed by atoms with Crippen molar-refractivity contribution in [1.29, 1.82) is 0 Å². The zero-order valence-corrected chi connectivity index (χ0v) is 16.7. The molecule has 0 aliphatic rings. The van der Waals surface area contributed by atoms with E-state index < -0.39 is 0 Å². The van der Waals surface area contributed by atoms with E-state index in [9.17, 15) is 9.59 Å². The summed E-state index contributed by atoms with van der Waals surface area (Å²) in [6, 6.07) is 12.1. The van der Waals surface area contributed by atoms with E-state index in [-0.39, 0.29) is 11.8 Å². The first-order chi connectivity index (χ1) is 13.5. The van der Waals surface area contributed by atoms with Gasteiger partial charge in [0.25, 0.3) is 5.91 Å². The Kier molecular flexibility index (Phi) is 8.34. The minimum absolute atomic E-state index is 0.168. The van der Waals surface area contributed by atoms with Crippen LogP contribution in [0.15, 0.2) is 42.5 Å². The van der Waals surface area contributed by atoms with Gasteiger partial charge >= 0.3 is 0 Å². The standard InChI is InChI=1S/C22H28N2O4/c1-4-5-6-7-13-28-20-12-11-17(14-21(20)27-3)22(26)24-19-10-8-9-18(15-19)23-16(2)25/h8-12,14-15H,4-7,13H2,1-3H3,(H,23,25)(H,24,26). The number of ether oxygens (including phenoxy) is 2. The number of rotatable bonds is 10. The van der Waals surface area contributed by atoms with Gasteiger partial charge in [-0.25, -0.2) is 0 Å². The second-order valence-corrected chi connectivity index (χ2v) is 6.49. The minimum atomic E-state index is -0.271. The predicted molar refractivity (Wildman–Crippen MR) is 111 cm³/mol. The van der Waals surface area contributed by atoms with Gasteiger partial charge in [-0.1, -0.05) is 32.3 Å². The number of carbonyl (C=O) groups excluding carboxylic acids is 2. The second kappa shape index (κ2) is 11.0. The molecule has 6 nitrogen and oxygen atoms in total. The highest BCUT2D eigenvalue weighted by molar-refractivity contribution is 6.05. The first kappa shape index (κ1) is 21.3. The molecule has 0 heterocycles. The monoisotopic (exact) mass is 384 g/mol. The molecule has 2 rings (SSSR count). The minimum Gasteiger partial charge on any atom is -0.493 e. The summed E-state index contributed by atoms with van der Waals surface area (Å²) in [5.74, 6) is 0.713. The van der Waals surface area contributed by atoms with E-state index in [2.05, 4.69) is 17.6 Å². The summed E-state index contributed by atoms with van der Waals surface area (Å²) < 4.78 is 11.2. The van der Waals surface area contributed by atoms with Crippen LogP contribution in [0.1, 0.15) is 49.9 Å². The highest BCUT2D eigenvalue weighted by Gasteiger charge is 2.12. The van der Waals surface area contributed by atoms with E-state index in [0.717, 1.165) is 12.8 Å². The van der Waals surface area contributed by atoms with Gasteiger partial charge in [-0.15, -0.1) is 0 Å². The Bertz CT molecular complexity index is 805. The number of benzene rings is 2. The smallest absolute Gasteiger partial charge is 0.255 e. The van der Waals surface area contributed by atoms with Crippen molar-refractivity contribution in [3.8, 4) is 11.5 Å². The maximum absolute atomic E-state index is 12.6. The van der Waals surface area contributed by atoms with Crippen LogP contribution in [0, 0.1) is 0 Å². The molecule has 2 N–H and O–H groups in total. The van der Waals surface area contributed by atoms with Gasteiger partial charge in [0.1, 0.15) is 0 Å². The number of carbonyl (C=O) groups is 2. The molecule has 0 fully saturated rings. The lowest BCUT2D eigenvalue weighted by atomic mass is 10.1. The summed E-state index contributed by atoms with van der Waals surface area (Å²) in [5.41, 5.74) is 1.67. The molecule has 0 aromatic heterocycles. The summed E-state index contributed by atoms with van der Waals surface area (Å²) in [6.07, 6.45) is 4.50. The first-order valence-corrected chi connectivity index (χ1v) is 9.53. The second-order valence-electron chi connectivity index (χ2n) is 6.49. The molecule has 0 radical (unpaired) electrons. The fourth-order valence-corrected chi connectivity index (χ4v) is 2.72. The number of methoxy groups -OCH3 is 1. The lowest BCUT2D eigenvalue weighted by Crippen LogP contribution is -2.13. The topological polar surface area (TPSA) is 76.7 Å². The largest absolute Gasteiger partial charge is 0.493 e. The zero-order chi connectivity index (χ0) is 20.4. The van der Waals surface area contributed by atoms with Gasteiger partial charge in [0.2, 0.25) is 5.91 Å². The van der Waals surface area contributed by atoms with E-state index >= 15 is 0 Å². The molecule has 2 amide bonds. The SMILES string of the molecule is CCCCCCOc1ccc(C(=O)Nc2cccc(NC(C)=O)c2)cc1OC. The summed E-state index contributed by atoms with van der Waals surface area (Å²) in [5, 5.41) is 5.51. The van der Waals surface area contributed by atoms with Gasteiger partial charge in [-0.3, -0.25) is 9.59 Å². The average Bonchev–Trinajstić information content (AvgIpc) is 2.67. The van der Waals surface area contributed by atoms with E-state index in [1.165, 1.54) is 19.8 Å². The van der Waals surface area contributed by atoms with Crippen LogP contribution in [-0.4, -0.2) is 25.5 Å². The van der Waals surface area contributed by atoms with Crippen molar-refractivity contribution in [1.82, 2.24) is 0 Å². The highest BCUT2D eigenvalue weighted by atomic mass is 16.5. The van der Waals surface area contributed by atoms with E-state index in [1.54, 1.807) is 49.6 Å². The molecular formula is C22H28N2O4. The van der Waals surface area contributed by atoms with Crippen molar-refractivity contribution in [2.45, 2.75) is 39.5 Å². The molecular weight excluding hydrogens is 356 g/mol. The number of hydrogen-bond acceptors (Lipinski definition) is 4. The van der Waals surface area contributed by atoms with Gasteiger partial charge in [0, 0.05) is 23.9 Å². The molecule has 0 unspecified atom stereocenters. The average molecular weight is 384 g/mol.